The van der Waals surface area contributed by atoms with Crippen molar-refractivity contribution >= 4 is 11.9 Å². The molecule has 0 bridgehead atoms. The normalized spacial score (nSPS) is 14.9. The number of rotatable bonds is 5. The molecule has 0 fully saturated rings. The first-order valence-electron chi connectivity index (χ1n) is 5.39. The Labute approximate surface area is 101 Å². The van der Waals surface area contributed by atoms with E-state index in [9.17, 15) is 9.59 Å². The Morgan fingerprint density at radius 3 is 2.12 bits per heavy atom. The van der Waals surface area contributed by atoms with Crippen LogP contribution in [-0.2, 0) is 19.1 Å². The van der Waals surface area contributed by atoms with E-state index in [2.05, 4.69) is 4.74 Å². The van der Waals surface area contributed by atoms with Crippen molar-refractivity contribution in [1.82, 2.24) is 0 Å². The Morgan fingerprint density at radius 2 is 1.76 bits per heavy atom. The molecule has 0 aromatic carbocycles. The van der Waals surface area contributed by atoms with E-state index in [1.807, 2.05) is 0 Å². The highest BCUT2D eigenvalue weighted by Crippen LogP contribution is 2.18. The monoisotopic (exact) mass is 247 g/mol. The molecule has 0 saturated carbocycles. The summed E-state index contributed by atoms with van der Waals surface area (Å²) in [6, 6.07) is 0. The van der Waals surface area contributed by atoms with Crippen LogP contribution in [0.5, 0.6) is 0 Å². The van der Waals surface area contributed by atoms with Gasteiger partial charge >= 0.3 is 11.9 Å². The van der Waals surface area contributed by atoms with Gasteiger partial charge in [0.25, 0.3) is 0 Å². The summed E-state index contributed by atoms with van der Waals surface area (Å²) in [6.07, 6.45) is 0.190. The molecule has 0 aromatic heterocycles. The van der Waals surface area contributed by atoms with Gasteiger partial charge in [0.1, 0.15) is 5.60 Å². The van der Waals surface area contributed by atoms with Crippen molar-refractivity contribution in [2.45, 2.75) is 44.8 Å². The lowest BCUT2D eigenvalue weighted by Gasteiger charge is -2.28. The third-order valence-corrected chi connectivity index (χ3v) is 2.04. The van der Waals surface area contributed by atoms with Gasteiger partial charge in [-0.05, 0) is 33.6 Å². The standard InChI is InChI=1S/C11H21NO5/c1-10(2,3)17-9(15)11(12,6-5-7-13)8(14)16-4/h13H,5-7,12H2,1-4H3. The Kier molecular flexibility index (Phi) is 5.57. The maximum Gasteiger partial charge on any atom is 0.338 e. The molecule has 100 valence electrons. The highest BCUT2D eigenvalue weighted by Gasteiger charge is 2.45. The van der Waals surface area contributed by atoms with Gasteiger partial charge in [-0.15, -0.1) is 0 Å². The molecule has 1 atom stereocenters. The van der Waals surface area contributed by atoms with Crippen LogP contribution in [0.3, 0.4) is 0 Å². The number of carbonyl (C=O) groups excluding carboxylic acids is 2. The average Bonchev–Trinajstić information content (AvgIpc) is 2.22. The van der Waals surface area contributed by atoms with E-state index in [4.69, 9.17) is 15.6 Å². The molecule has 6 nitrogen and oxygen atoms in total. The molecular weight excluding hydrogens is 226 g/mol. The Morgan fingerprint density at radius 1 is 1.24 bits per heavy atom. The van der Waals surface area contributed by atoms with Crippen LogP contribution in [0, 0.1) is 0 Å². The third-order valence-electron chi connectivity index (χ3n) is 2.04. The molecule has 0 saturated heterocycles. The van der Waals surface area contributed by atoms with Crippen LogP contribution in [-0.4, -0.2) is 41.9 Å². The summed E-state index contributed by atoms with van der Waals surface area (Å²) in [4.78, 5) is 23.4. The lowest BCUT2D eigenvalue weighted by Crippen LogP contribution is -2.57. The molecule has 0 aliphatic heterocycles. The van der Waals surface area contributed by atoms with Crippen molar-refractivity contribution in [3.05, 3.63) is 0 Å². The maximum atomic E-state index is 11.9. The zero-order valence-electron chi connectivity index (χ0n) is 10.8. The zero-order valence-corrected chi connectivity index (χ0v) is 10.8. The van der Waals surface area contributed by atoms with Crippen molar-refractivity contribution in [3.8, 4) is 0 Å². The largest absolute Gasteiger partial charge is 0.467 e. The lowest BCUT2D eigenvalue weighted by molar-refractivity contribution is -0.171. The van der Waals surface area contributed by atoms with Crippen LogP contribution in [0.25, 0.3) is 0 Å². The molecule has 0 aliphatic carbocycles. The molecule has 0 heterocycles. The van der Waals surface area contributed by atoms with Crippen molar-refractivity contribution in [2.24, 2.45) is 5.73 Å². The van der Waals surface area contributed by atoms with Crippen LogP contribution >= 0.6 is 0 Å². The first-order chi connectivity index (χ1) is 7.67. The Balaban J connectivity index is 4.91. The van der Waals surface area contributed by atoms with Gasteiger partial charge in [0.2, 0.25) is 5.54 Å². The first-order valence-corrected chi connectivity index (χ1v) is 5.39. The molecule has 3 N–H and O–H groups in total. The predicted octanol–water partition coefficient (Wildman–Crippen LogP) is -0.0289. The summed E-state index contributed by atoms with van der Waals surface area (Å²) in [5.41, 5.74) is 3.13. The molecule has 0 radical (unpaired) electrons. The van der Waals surface area contributed by atoms with Gasteiger partial charge in [0.05, 0.1) is 7.11 Å². The highest BCUT2D eigenvalue weighted by atomic mass is 16.6. The van der Waals surface area contributed by atoms with E-state index in [-0.39, 0.29) is 19.4 Å². The van der Waals surface area contributed by atoms with Gasteiger partial charge in [0, 0.05) is 6.61 Å². The lowest BCUT2D eigenvalue weighted by atomic mass is 9.94. The van der Waals surface area contributed by atoms with Crippen LogP contribution < -0.4 is 5.73 Å². The van der Waals surface area contributed by atoms with E-state index >= 15 is 0 Å². The summed E-state index contributed by atoms with van der Waals surface area (Å²) in [5.74, 6) is -1.70. The summed E-state index contributed by atoms with van der Waals surface area (Å²) < 4.78 is 9.58. The van der Waals surface area contributed by atoms with E-state index in [1.54, 1.807) is 20.8 Å². The summed E-state index contributed by atoms with van der Waals surface area (Å²) in [6.45, 7) is 4.86. The molecule has 0 amide bonds. The van der Waals surface area contributed by atoms with Crippen molar-refractivity contribution < 1.29 is 24.2 Å². The van der Waals surface area contributed by atoms with Crippen molar-refractivity contribution in [2.75, 3.05) is 13.7 Å². The third kappa shape index (κ3) is 4.70. The van der Waals surface area contributed by atoms with E-state index < -0.39 is 23.1 Å². The summed E-state index contributed by atoms with van der Waals surface area (Å²) in [7, 11) is 1.15. The number of hydrogen-bond acceptors (Lipinski definition) is 6. The van der Waals surface area contributed by atoms with Crippen LogP contribution in [0.4, 0.5) is 0 Å². The minimum absolute atomic E-state index is 0.0227. The number of ether oxygens (including phenoxy) is 2. The molecule has 6 heteroatoms. The van der Waals surface area contributed by atoms with Gasteiger partial charge in [0.15, 0.2) is 0 Å². The highest BCUT2D eigenvalue weighted by molar-refractivity contribution is 6.04. The van der Waals surface area contributed by atoms with Gasteiger partial charge in [-0.2, -0.15) is 0 Å². The number of esters is 2. The van der Waals surface area contributed by atoms with Gasteiger partial charge in [-0.25, -0.2) is 9.59 Å². The fraction of sp³-hybridized carbons (Fsp3) is 0.818. The minimum Gasteiger partial charge on any atom is -0.467 e. The number of aliphatic hydroxyl groups is 1. The number of nitrogens with two attached hydrogens (primary N) is 1. The first kappa shape index (κ1) is 15.9. The topological polar surface area (TPSA) is 98.9 Å². The summed E-state index contributed by atoms with van der Waals surface area (Å²) in [5, 5.41) is 8.74. The fourth-order valence-corrected chi connectivity index (χ4v) is 1.20. The predicted molar refractivity (Wildman–Crippen MR) is 61.1 cm³/mol. The Hall–Kier alpha value is -1.14. The summed E-state index contributed by atoms with van der Waals surface area (Å²) >= 11 is 0. The average molecular weight is 247 g/mol. The number of aliphatic hydroxyl groups excluding tert-OH is 1. The van der Waals surface area contributed by atoms with Crippen molar-refractivity contribution in [1.29, 1.82) is 0 Å². The van der Waals surface area contributed by atoms with Crippen molar-refractivity contribution in [3.63, 3.8) is 0 Å². The van der Waals surface area contributed by atoms with E-state index in [0.29, 0.717) is 0 Å². The van der Waals surface area contributed by atoms with Crippen LogP contribution in [0.2, 0.25) is 0 Å². The molecule has 0 aliphatic rings. The Bertz CT molecular complexity index is 284. The second kappa shape index (κ2) is 5.97. The van der Waals surface area contributed by atoms with E-state index in [0.717, 1.165) is 7.11 Å². The fourth-order valence-electron chi connectivity index (χ4n) is 1.20. The van der Waals surface area contributed by atoms with Gasteiger partial charge in [-0.3, -0.25) is 0 Å². The van der Waals surface area contributed by atoms with Crippen LogP contribution in [0.15, 0.2) is 0 Å². The number of methoxy groups -OCH3 is 1. The van der Waals surface area contributed by atoms with Gasteiger partial charge < -0.3 is 20.3 Å². The smallest absolute Gasteiger partial charge is 0.338 e. The second-order valence-corrected chi connectivity index (χ2v) is 4.79. The maximum absolute atomic E-state index is 11.9. The molecule has 0 rings (SSSR count). The SMILES string of the molecule is COC(=O)C(N)(CCCO)C(=O)OC(C)(C)C. The minimum atomic E-state index is -1.86. The van der Waals surface area contributed by atoms with E-state index in [1.165, 1.54) is 0 Å². The second-order valence-electron chi connectivity index (χ2n) is 4.79. The van der Waals surface area contributed by atoms with Crippen LogP contribution in [0.1, 0.15) is 33.6 Å². The molecular formula is C11H21NO5. The molecule has 17 heavy (non-hydrogen) atoms. The number of hydrogen-bond donors (Lipinski definition) is 2. The number of carbonyl (C=O) groups is 2. The van der Waals surface area contributed by atoms with Gasteiger partial charge in [-0.1, -0.05) is 0 Å². The molecule has 0 spiro atoms. The quantitative estimate of drug-likeness (QED) is 0.523. The molecule has 1 unspecified atom stereocenters. The molecule has 0 aromatic rings. The zero-order chi connectivity index (χ0) is 13.7.